The third-order valence-corrected chi connectivity index (χ3v) is 3.59. The molecule has 1 aliphatic rings. The van der Waals surface area contributed by atoms with Gasteiger partial charge in [-0.25, -0.2) is 8.78 Å². The van der Waals surface area contributed by atoms with E-state index in [1.54, 1.807) is 0 Å². The van der Waals surface area contributed by atoms with Crippen molar-refractivity contribution in [2.45, 2.75) is 18.3 Å². The molecule has 1 fully saturated rings. The summed E-state index contributed by atoms with van der Waals surface area (Å²) in [5.74, 6) is -5.64. The third-order valence-electron chi connectivity index (χ3n) is 3.03. The van der Waals surface area contributed by atoms with Gasteiger partial charge in [-0.15, -0.1) is 0 Å². The molecular weight excluding hydrogens is 285 g/mol. The second-order valence-electron chi connectivity index (χ2n) is 4.24. The molecule has 2 nitrogen and oxygen atoms in total. The number of methoxy groups -OCH3 is 1. The summed E-state index contributed by atoms with van der Waals surface area (Å²) >= 11 is 11.7. The molecule has 18 heavy (non-hydrogen) atoms. The van der Waals surface area contributed by atoms with Crippen LogP contribution in [0.15, 0.2) is 18.2 Å². The molecule has 1 aliphatic carbocycles. The van der Waals surface area contributed by atoms with Crippen LogP contribution in [0.25, 0.3) is 0 Å². The van der Waals surface area contributed by atoms with E-state index >= 15 is 0 Å². The minimum Gasteiger partial charge on any atom is -0.469 e. The topological polar surface area (TPSA) is 26.3 Å². The highest BCUT2D eigenvalue weighted by molar-refractivity contribution is 6.35. The molecule has 2 rings (SSSR count). The number of alkyl halides is 2. The standard InChI is InChI=1S/C12H10Cl2F2O2/c1-18-11(17)10(8-5-12(8,15)16)7-3-2-6(13)4-9(7)14/h2-4,8,10H,5H2,1H3. The van der Waals surface area contributed by atoms with Gasteiger partial charge >= 0.3 is 5.97 Å². The van der Waals surface area contributed by atoms with E-state index in [-0.39, 0.29) is 11.4 Å². The number of esters is 1. The second kappa shape index (κ2) is 4.67. The summed E-state index contributed by atoms with van der Waals surface area (Å²) in [5, 5.41) is 0.579. The van der Waals surface area contributed by atoms with Crippen molar-refractivity contribution < 1.29 is 18.3 Å². The van der Waals surface area contributed by atoms with Crippen LogP contribution in [-0.2, 0) is 9.53 Å². The summed E-state index contributed by atoms with van der Waals surface area (Å²) < 4.78 is 30.9. The summed E-state index contributed by atoms with van der Waals surface area (Å²) in [7, 11) is 1.17. The van der Waals surface area contributed by atoms with Gasteiger partial charge in [0.05, 0.1) is 13.0 Å². The molecule has 1 aromatic carbocycles. The third kappa shape index (κ3) is 2.45. The highest BCUT2D eigenvalue weighted by Gasteiger charge is 2.63. The van der Waals surface area contributed by atoms with Crippen molar-refractivity contribution in [2.75, 3.05) is 7.11 Å². The van der Waals surface area contributed by atoms with Gasteiger partial charge in [0, 0.05) is 22.4 Å². The Morgan fingerprint density at radius 1 is 1.50 bits per heavy atom. The van der Waals surface area contributed by atoms with Crippen LogP contribution in [0.2, 0.25) is 10.0 Å². The minimum absolute atomic E-state index is 0.195. The first-order valence-electron chi connectivity index (χ1n) is 5.27. The lowest BCUT2D eigenvalue weighted by Gasteiger charge is -2.16. The van der Waals surface area contributed by atoms with Crippen LogP contribution in [-0.4, -0.2) is 19.0 Å². The van der Waals surface area contributed by atoms with Gasteiger partial charge < -0.3 is 4.74 Å². The Morgan fingerprint density at radius 3 is 2.56 bits per heavy atom. The van der Waals surface area contributed by atoms with Gasteiger partial charge in [-0.3, -0.25) is 4.79 Å². The van der Waals surface area contributed by atoms with Crippen LogP contribution in [0.3, 0.4) is 0 Å². The maximum absolute atomic E-state index is 13.2. The van der Waals surface area contributed by atoms with Crippen molar-refractivity contribution in [3.05, 3.63) is 33.8 Å². The van der Waals surface area contributed by atoms with E-state index in [0.717, 1.165) is 0 Å². The zero-order valence-electron chi connectivity index (χ0n) is 9.42. The minimum atomic E-state index is -2.83. The highest BCUT2D eigenvalue weighted by atomic mass is 35.5. The summed E-state index contributed by atoms with van der Waals surface area (Å²) in [4.78, 5) is 11.7. The summed E-state index contributed by atoms with van der Waals surface area (Å²) in [6.45, 7) is 0. The van der Waals surface area contributed by atoms with Gasteiger partial charge in [0.2, 0.25) is 0 Å². The molecule has 2 unspecified atom stereocenters. The zero-order valence-corrected chi connectivity index (χ0v) is 10.9. The molecule has 0 amide bonds. The fraction of sp³-hybridized carbons (Fsp3) is 0.417. The smallest absolute Gasteiger partial charge is 0.313 e. The predicted octanol–water partition coefficient (Wildman–Crippen LogP) is 3.91. The molecule has 0 bridgehead atoms. The van der Waals surface area contributed by atoms with Crippen molar-refractivity contribution in [3.63, 3.8) is 0 Å². The fourth-order valence-corrected chi connectivity index (χ4v) is 2.51. The molecule has 0 saturated heterocycles. The molecule has 0 N–H and O–H groups in total. The van der Waals surface area contributed by atoms with Crippen LogP contribution in [0.5, 0.6) is 0 Å². The molecule has 0 spiro atoms. The van der Waals surface area contributed by atoms with Crippen molar-refractivity contribution in [1.29, 1.82) is 0 Å². The first kappa shape index (κ1) is 13.6. The maximum atomic E-state index is 13.2. The molecule has 0 aliphatic heterocycles. The van der Waals surface area contributed by atoms with Gasteiger partial charge in [0.25, 0.3) is 5.92 Å². The fourth-order valence-electron chi connectivity index (χ4n) is 1.98. The number of carbonyl (C=O) groups is 1. The molecule has 1 aromatic rings. The van der Waals surface area contributed by atoms with Crippen molar-refractivity contribution in [1.82, 2.24) is 0 Å². The average Bonchev–Trinajstić information content (AvgIpc) is 2.90. The van der Waals surface area contributed by atoms with Gasteiger partial charge in [-0.1, -0.05) is 29.3 Å². The van der Waals surface area contributed by atoms with E-state index in [1.807, 2.05) is 0 Å². The quantitative estimate of drug-likeness (QED) is 0.790. The SMILES string of the molecule is COC(=O)C(c1ccc(Cl)cc1Cl)C1CC1(F)F. The van der Waals surface area contributed by atoms with Gasteiger partial charge in [0.15, 0.2) is 0 Å². The first-order chi connectivity index (χ1) is 8.36. The monoisotopic (exact) mass is 294 g/mol. The molecule has 0 radical (unpaired) electrons. The zero-order chi connectivity index (χ0) is 13.5. The highest BCUT2D eigenvalue weighted by Crippen LogP contribution is 2.57. The second-order valence-corrected chi connectivity index (χ2v) is 5.08. The molecule has 0 aromatic heterocycles. The Hall–Kier alpha value is -0.870. The van der Waals surface area contributed by atoms with E-state index in [2.05, 4.69) is 4.74 Å². The van der Waals surface area contributed by atoms with Gasteiger partial charge in [-0.05, 0) is 17.7 Å². The Kier molecular flexibility index (Phi) is 3.52. The number of benzene rings is 1. The van der Waals surface area contributed by atoms with Crippen LogP contribution in [0.4, 0.5) is 8.78 Å². The van der Waals surface area contributed by atoms with Crippen LogP contribution in [0.1, 0.15) is 17.9 Å². The largest absolute Gasteiger partial charge is 0.469 e. The average molecular weight is 295 g/mol. The van der Waals surface area contributed by atoms with Gasteiger partial charge in [0.1, 0.15) is 0 Å². The molecule has 1 saturated carbocycles. The van der Waals surface area contributed by atoms with E-state index < -0.39 is 23.7 Å². The molecular formula is C12H10Cl2F2O2. The Morgan fingerprint density at radius 2 is 2.11 bits per heavy atom. The number of hydrogen-bond donors (Lipinski definition) is 0. The molecule has 0 heterocycles. The summed E-state index contributed by atoms with van der Waals surface area (Å²) in [5.41, 5.74) is 0.329. The van der Waals surface area contributed by atoms with Crippen LogP contribution < -0.4 is 0 Å². The van der Waals surface area contributed by atoms with Gasteiger partial charge in [-0.2, -0.15) is 0 Å². The lowest BCUT2D eigenvalue weighted by atomic mass is 9.94. The lowest BCUT2D eigenvalue weighted by Crippen LogP contribution is -2.19. The van der Waals surface area contributed by atoms with Crippen molar-refractivity contribution in [2.24, 2.45) is 5.92 Å². The summed E-state index contributed by atoms with van der Waals surface area (Å²) in [6.07, 6.45) is -0.328. The van der Waals surface area contributed by atoms with E-state index in [0.29, 0.717) is 10.6 Å². The van der Waals surface area contributed by atoms with E-state index in [1.165, 1.54) is 25.3 Å². The van der Waals surface area contributed by atoms with Crippen LogP contribution in [0, 0.1) is 5.92 Å². The number of carbonyl (C=O) groups excluding carboxylic acids is 1. The van der Waals surface area contributed by atoms with E-state index in [9.17, 15) is 13.6 Å². The number of rotatable bonds is 3. The molecule has 98 valence electrons. The van der Waals surface area contributed by atoms with Crippen molar-refractivity contribution >= 4 is 29.2 Å². The summed E-state index contributed by atoms with van der Waals surface area (Å²) in [6, 6.07) is 4.43. The molecule has 2 atom stereocenters. The molecule has 6 heteroatoms. The van der Waals surface area contributed by atoms with E-state index in [4.69, 9.17) is 23.2 Å². The Labute approximate surface area is 113 Å². The predicted molar refractivity (Wildman–Crippen MR) is 64.3 cm³/mol. The number of ether oxygens (including phenoxy) is 1. The van der Waals surface area contributed by atoms with Crippen LogP contribution >= 0.6 is 23.2 Å². The maximum Gasteiger partial charge on any atom is 0.313 e. The first-order valence-corrected chi connectivity index (χ1v) is 6.03. The van der Waals surface area contributed by atoms with Crippen molar-refractivity contribution in [3.8, 4) is 0 Å². The number of hydrogen-bond acceptors (Lipinski definition) is 2. The number of halogens is 4. The Balaban J connectivity index is 2.38. The Bertz CT molecular complexity index is 491. The lowest BCUT2D eigenvalue weighted by molar-refractivity contribution is -0.143. The normalized spacial score (nSPS) is 22.4.